The fourth-order valence-electron chi connectivity index (χ4n) is 2.82. The smallest absolute Gasteiger partial charge is 0.407 e. The molecule has 2 fully saturated rings. The van der Waals surface area contributed by atoms with Crippen LogP contribution in [0, 0.1) is 5.92 Å². The number of hydrogen-bond donors (Lipinski definition) is 3. The summed E-state index contributed by atoms with van der Waals surface area (Å²) in [5.74, 6) is 1.38. The molecule has 132 valence electrons. The van der Waals surface area contributed by atoms with Gasteiger partial charge in [0.2, 0.25) is 0 Å². The Balaban J connectivity index is 1.92. The number of nitrogens with one attached hydrogen (secondary N) is 2. The first kappa shape index (κ1) is 17.8. The molecule has 2 rings (SSSR count). The van der Waals surface area contributed by atoms with Crippen molar-refractivity contribution in [1.82, 2.24) is 15.5 Å². The summed E-state index contributed by atoms with van der Waals surface area (Å²) in [5, 5.41) is 15.9. The number of carbonyl (C=O) groups is 1. The van der Waals surface area contributed by atoms with Crippen molar-refractivity contribution in [2.45, 2.75) is 51.7 Å². The summed E-state index contributed by atoms with van der Waals surface area (Å²) in [6.45, 7) is 7.22. The number of alkyl carbamates (subject to hydrolysis) is 1. The molecule has 1 aliphatic heterocycles. The summed E-state index contributed by atoms with van der Waals surface area (Å²) in [6.07, 6.45) is 3.28. The first-order valence-corrected chi connectivity index (χ1v) is 8.78. The van der Waals surface area contributed by atoms with Crippen LogP contribution < -0.4 is 10.6 Å². The van der Waals surface area contributed by atoms with Gasteiger partial charge in [0.15, 0.2) is 5.96 Å². The molecule has 7 heteroatoms. The Hall–Kier alpha value is -1.50. The number of aliphatic hydroxyl groups excluding tert-OH is 1. The first-order valence-electron chi connectivity index (χ1n) is 8.78. The van der Waals surface area contributed by atoms with Crippen molar-refractivity contribution in [1.29, 1.82) is 0 Å². The fourth-order valence-corrected chi connectivity index (χ4v) is 2.82. The zero-order valence-electron chi connectivity index (χ0n) is 14.3. The minimum atomic E-state index is -0.356. The molecule has 1 saturated carbocycles. The van der Waals surface area contributed by atoms with Crippen molar-refractivity contribution in [3.63, 3.8) is 0 Å². The molecular formula is C16H30N4O3. The predicted molar refractivity (Wildman–Crippen MR) is 89.5 cm³/mol. The first-order chi connectivity index (χ1) is 11.1. The number of guanidine groups is 1. The number of nitrogens with zero attached hydrogens (tertiary/aromatic N) is 2. The highest BCUT2D eigenvalue weighted by Crippen LogP contribution is 2.32. The van der Waals surface area contributed by atoms with Gasteiger partial charge in [0.1, 0.15) is 0 Å². The summed E-state index contributed by atoms with van der Waals surface area (Å²) in [4.78, 5) is 18.6. The van der Waals surface area contributed by atoms with Gasteiger partial charge in [-0.1, -0.05) is 0 Å². The highest BCUT2D eigenvalue weighted by Gasteiger charge is 2.32. The van der Waals surface area contributed by atoms with E-state index in [-0.39, 0.29) is 18.2 Å². The summed E-state index contributed by atoms with van der Waals surface area (Å²) >= 11 is 0. The summed E-state index contributed by atoms with van der Waals surface area (Å²) < 4.78 is 4.98. The molecule has 1 aliphatic carbocycles. The van der Waals surface area contributed by atoms with Gasteiger partial charge in [-0.3, -0.25) is 4.99 Å². The van der Waals surface area contributed by atoms with E-state index in [1.165, 1.54) is 0 Å². The maximum atomic E-state index is 11.7. The average molecular weight is 326 g/mol. The van der Waals surface area contributed by atoms with Gasteiger partial charge in [0.25, 0.3) is 0 Å². The van der Waals surface area contributed by atoms with Crippen LogP contribution in [0.1, 0.15) is 39.5 Å². The molecule has 0 aromatic heterocycles. The number of aliphatic imine (C=N–C) groups is 1. The Morgan fingerprint density at radius 3 is 2.57 bits per heavy atom. The van der Waals surface area contributed by atoms with Gasteiger partial charge in [-0.2, -0.15) is 0 Å². The number of hydrogen-bond acceptors (Lipinski definition) is 4. The fraction of sp³-hybridized carbons (Fsp3) is 0.875. The molecule has 1 amide bonds. The Morgan fingerprint density at radius 1 is 1.30 bits per heavy atom. The molecule has 3 N–H and O–H groups in total. The molecule has 0 bridgehead atoms. The summed E-state index contributed by atoms with van der Waals surface area (Å²) in [7, 11) is 0. The second-order valence-corrected chi connectivity index (χ2v) is 6.22. The van der Waals surface area contributed by atoms with Crippen LogP contribution in [0.5, 0.6) is 0 Å². The minimum absolute atomic E-state index is 0.0399. The van der Waals surface area contributed by atoms with Crippen LogP contribution in [-0.2, 0) is 4.74 Å². The van der Waals surface area contributed by atoms with Gasteiger partial charge < -0.3 is 25.4 Å². The third-order valence-corrected chi connectivity index (χ3v) is 4.31. The van der Waals surface area contributed by atoms with Crippen LogP contribution in [-0.4, -0.2) is 67.0 Å². The van der Waals surface area contributed by atoms with E-state index in [0.29, 0.717) is 19.1 Å². The Labute approximate surface area is 138 Å². The van der Waals surface area contributed by atoms with E-state index < -0.39 is 0 Å². The molecule has 1 unspecified atom stereocenters. The minimum Gasteiger partial charge on any atom is -0.450 e. The second kappa shape index (κ2) is 8.96. The van der Waals surface area contributed by atoms with Gasteiger partial charge in [-0.15, -0.1) is 0 Å². The number of likely N-dealkylation sites (tertiary alicyclic amines) is 1. The second-order valence-electron chi connectivity index (χ2n) is 6.22. The zero-order valence-corrected chi connectivity index (χ0v) is 14.3. The van der Waals surface area contributed by atoms with E-state index in [1.807, 2.05) is 6.92 Å². The number of rotatable bonds is 6. The van der Waals surface area contributed by atoms with Crippen molar-refractivity contribution in [3.8, 4) is 0 Å². The van der Waals surface area contributed by atoms with Crippen LogP contribution in [0.3, 0.4) is 0 Å². The molecule has 0 aromatic carbocycles. The third kappa shape index (κ3) is 5.89. The number of aliphatic hydroxyl groups is 1. The van der Waals surface area contributed by atoms with E-state index in [9.17, 15) is 9.90 Å². The third-order valence-electron chi connectivity index (χ3n) is 4.31. The van der Waals surface area contributed by atoms with Crippen LogP contribution in [0.15, 0.2) is 4.99 Å². The van der Waals surface area contributed by atoms with E-state index in [2.05, 4.69) is 15.5 Å². The van der Waals surface area contributed by atoms with Gasteiger partial charge in [0, 0.05) is 19.6 Å². The highest BCUT2D eigenvalue weighted by atomic mass is 16.5. The lowest BCUT2D eigenvalue weighted by Crippen LogP contribution is -2.47. The molecular weight excluding hydrogens is 296 g/mol. The predicted octanol–water partition coefficient (Wildman–Crippen LogP) is 0.933. The lowest BCUT2D eigenvalue weighted by atomic mass is 10.1. The molecule has 1 saturated heterocycles. The average Bonchev–Trinajstić information content (AvgIpc) is 3.36. The quantitative estimate of drug-likeness (QED) is 0.499. The van der Waals surface area contributed by atoms with Crippen molar-refractivity contribution in [2.24, 2.45) is 10.9 Å². The van der Waals surface area contributed by atoms with Gasteiger partial charge in [-0.25, -0.2) is 4.79 Å². The van der Waals surface area contributed by atoms with Gasteiger partial charge in [0.05, 0.1) is 25.3 Å². The standard InChI is InChI=1S/C16H30N4O3/c1-3-17-15(20-9-7-13(21)8-10-20)18-11-14(12-5-6-12)19-16(22)23-4-2/h12-14,21H,3-11H2,1-2H3,(H,17,18)(H,19,22). The Kier molecular flexibility index (Phi) is 6.95. The van der Waals surface area contributed by atoms with Gasteiger partial charge >= 0.3 is 6.09 Å². The van der Waals surface area contributed by atoms with Crippen molar-refractivity contribution in [2.75, 3.05) is 32.8 Å². The lowest BCUT2D eigenvalue weighted by molar-refractivity contribution is 0.108. The van der Waals surface area contributed by atoms with E-state index in [0.717, 1.165) is 51.3 Å². The normalized spacial score (nSPS) is 21.0. The highest BCUT2D eigenvalue weighted by molar-refractivity contribution is 5.80. The monoisotopic (exact) mass is 326 g/mol. The van der Waals surface area contributed by atoms with E-state index in [4.69, 9.17) is 9.73 Å². The molecule has 0 spiro atoms. The zero-order chi connectivity index (χ0) is 16.7. The largest absolute Gasteiger partial charge is 0.450 e. The van der Waals surface area contributed by atoms with Crippen molar-refractivity contribution in [3.05, 3.63) is 0 Å². The van der Waals surface area contributed by atoms with Gasteiger partial charge in [-0.05, 0) is 45.4 Å². The van der Waals surface area contributed by atoms with Crippen LogP contribution in [0.4, 0.5) is 4.79 Å². The van der Waals surface area contributed by atoms with E-state index >= 15 is 0 Å². The molecule has 1 heterocycles. The summed E-state index contributed by atoms with van der Waals surface area (Å²) in [6, 6.07) is 0.0399. The lowest BCUT2D eigenvalue weighted by Gasteiger charge is -2.32. The van der Waals surface area contributed by atoms with Crippen molar-refractivity contribution < 1.29 is 14.6 Å². The molecule has 1 atom stereocenters. The number of piperidine rings is 1. The number of amides is 1. The number of ether oxygens (including phenoxy) is 1. The van der Waals surface area contributed by atoms with Crippen LogP contribution in [0.25, 0.3) is 0 Å². The maximum Gasteiger partial charge on any atom is 0.407 e. The molecule has 0 radical (unpaired) electrons. The topological polar surface area (TPSA) is 86.2 Å². The molecule has 0 aromatic rings. The van der Waals surface area contributed by atoms with Crippen LogP contribution in [0.2, 0.25) is 0 Å². The Bertz CT molecular complexity index is 404. The van der Waals surface area contributed by atoms with Crippen molar-refractivity contribution >= 4 is 12.1 Å². The van der Waals surface area contributed by atoms with E-state index in [1.54, 1.807) is 6.92 Å². The van der Waals surface area contributed by atoms with Crippen LogP contribution >= 0.6 is 0 Å². The Morgan fingerprint density at radius 2 is 2.00 bits per heavy atom. The summed E-state index contributed by atoms with van der Waals surface area (Å²) in [5.41, 5.74) is 0. The SMILES string of the molecule is CCNC(=NCC(NC(=O)OCC)C1CC1)N1CCC(O)CC1. The molecule has 2 aliphatic rings. The number of carbonyl (C=O) groups excluding carboxylic acids is 1. The maximum absolute atomic E-state index is 11.7. The molecule has 23 heavy (non-hydrogen) atoms. The molecule has 7 nitrogen and oxygen atoms in total.